The van der Waals surface area contributed by atoms with Crippen LogP contribution in [0.3, 0.4) is 0 Å². The van der Waals surface area contributed by atoms with Gasteiger partial charge in [-0.15, -0.1) is 11.8 Å². The lowest BCUT2D eigenvalue weighted by atomic mass is 10.2. The van der Waals surface area contributed by atoms with Gasteiger partial charge in [0.1, 0.15) is 5.60 Å². The number of nitrogens with one attached hydrogen (secondary N) is 2. The number of amides is 2. The molecular formula is C16H24N2O3S. The van der Waals surface area contributed by atoms with E-state index in [0.717, 1.165) is 10.6 Å². The molecule has 0 radical (unpaired) electrons. The quantitative estimate of drug-likeness (QED) is 0.598. The van der Waals surface area contributed by atoms with Crippen molar-refractivity contribution >= 4 is 23.8 Å². The second-order valence-corrected chi connectivity index (χ2v) is 6.86. The molecule has 0 bridgehead atoms. The van der Waals surface area contributed by atoms with Crippen molar-refractivity contribution in [2.24, 2.45) is 0 Å². The smallest absolute Gasteiger partial charge is 0.407 e. The molecule has 1 aromatic carbocycles. The van der Waals surface area contributed by atoms with Crippen LogP contribution < -0.4 is 10.6 Å². The normalized spacial score (nSPS) is 10.9. The van der Waals surface area contributed by atoms with Gasteiger partial charge in [-0.05, 0) is 32.9 Å². The lowest BCUT2D eigenvalue weighted by Crippen LogP contribution is -2.37. The Labute approximate surface area is 136 Å². The van der Waals surface area contributed by atoms with Gasteiger partial charge in [0, 0.05) is 30.2 Å². The van der Waals surface area contributed by atoms with Crippen LogP contribution in [0.2, 0.25) is 0 Å². The minimum absolute atomic E-state index is 0.0191. The molecule has 2 N–H and O–H groups in total. The van der Waals surface area contributed by atoms with Crippen molar-refractivity contribution in [1.82, 2.24) is 10.6 Å². The van der Waals surface area contributed by atoms with E-state index in [1.165, 1.54) is 0 Å². The number of carbonyl (C=O) groups is 2. The molecule has 5 nitrogen and oxygen atoms in total. The molecular weight excluding hydrogens is 300 g/mol. The van der Waals surface area contributed by atoms with Crippen molar-refractivity contribution in [2.75, 3.05) is 18.8 Å². The summed E-state index contributed by atoms with van der Waals surface area (Å²) in [5.41, 5.74) is -0.512. The SMILES string of the molecule is CC(C)(C)OC(=O)NCCNC(=O)CCSc1ccccc1. The molecule has 122 valence electrons. The lowest BCUT2D eigenvalue weighted by Gasteiger charge is -2.19. The highest BCUT2D eigenvalue weighted by molar-refractivity contribution is 7.99. The van der Waals surface area contributed by atoms with Crippen LogP contribution in [0.25, 0.3) is 0 Å². The Hall–Kier alpha value is -1.69. The highest BCUT2D eigenvalue weighted by Gasteiger charge is 2.15. The Balaban J connectivity index is 2.05. The van der Waals surface area contributed by atoms with Crippen molar-refractivity contribution < 1.29 is 14.3 Å². The van der Waals surface area contributed by atoms with Gasteiger partial charge < -0.3 is 15.4 Å². The number of rotatable bonds is 7. The second-order valence-electron chi connectivity index (χ2n) is 5.69. The number of thioether (sulfide) groups is 1. The van der Waals surface area contributed by atoms with Gasteiger partial charge in [-0.3, -0.25) is 4.79 Å². The summed E-state index contributed by atoms with van der Waals surface area (Å²) in [6.45, 7) is 6.16. The van der Waals surface area contributed by atoms with E-state index in [1.54, 1.807) is 32.5 Å². The molecule has 2 amide bonds. The molecule has 0 aliphatic rings. The number of hydrogen-bond donors (Lipinski definition) is 2. The van der Waals surface area contributed by atoms with Crippen LogP contribution in [-0.2, 0) is 9.53 Å². The predicted molar refractivity (Wildman–Crippen MR) is 89.0 cm³/mol. The number of ether oxygens (including phenoxy) is 1. The average molecular weight is 324 g/mol. The van der Waals surface area contributed by atoms with Crippen LogP contribution in [0, 0.1) is 0 Å². The van der Waals surface area contributed by atoms with Crippen molar-refractivity contribution in [1.29, 1.82) is 0 Å². The highest BCUT2D eigenvalue weighted by Crippen LogP contribution is 2.17. The van der Waals surface area contributed by atoms with Crippen molar-refractivity contribution in [3.8, 4) is 0 Å². The summed E-state index contributed by atoms with van der Waals surface area (Å²) in [5.74, 6) is 0.712. The number of benzene rings is 1. The highest BCUT2D eigenvalue weighted by atomic mass is 32.2. The second kappa shape index (κ2) is 9.35. The van der Waals surface area contributed by atoms with Crippen molar-refractivity contribution in [3.63, 3.8) is 0 Å². The maximum absolute atomic E-state index is 11.6. The third-order valence-corrected chi connectivity index (χ3v) is 3.47. The summed E-state index contributed by atoms with van der Waals surface area (Å²) >= 11 is 1.65. The van der Waals surface area contributed by atoms with Crippen LogP contribution in [0.15, 0.2) is 35.2 Å². The van der Waals surface area contributed by atoms with Gasteiger partial charge in [0.25, 0.3) is 0 Å². The molecule has 0 aliphatic heterocycles. The van der Waals surface area contributed by atoms with Gasteiger partial charge in [0.15, 0.2) is 0 Å². The van der Waals surface area contributed by atoms with Crippen LogP contribution in [0.1, 0.15) is 27.2 Å². The Morgan fingerprint density at radius 3 is 2.36 bits per heavy atom. The molecule has 1 rings (SSSR count). The minimum atomic E-state index is -0.512. The Morgan fingerprint density at radius 2 is 1.73 bits per heavy atom. The molecule has 0 saturated carbocycles. The molecule has 1 aromatic rings. The zero-order valence-electron chi connectivity index (χ0n) is 13.3. The first-order valence-corrected chi connectivity index (χ1v) is 8.27. The fraction of sp³-hybridized carbons (Fsp3) is 0.500. The van der Waals surface area contributed by atoms with Crippen molar-refractivity contribution in [2.45, 2.75) is 37.7 Å². The van der Waals surface area contributed by atoms with Gasteiger partial charge in [-0.1, -0.05) is 18.2 Å². The predicted octanol–water partition coefficient (Wildman–Crippen LogP) is 2.81. The van der Waals surface area contributed by atoms with Gasteiger partial charge >= 0.3 is 6.09 Å². The Morgan fingerprint density at radius 1 is 1.09 bits per heavy atom. The molecule has 22 heavy (non-hydrogen) atoms. The fourth-order valence-corrected chi connectivity index (χ4v) is 2.42. The zero-order valence-corrected chi connectivity index (χ0v) is 14.2. The molecule has 0 aliphatic carbocycles. The van der Waals surface area contributed by atoms with Gasteiger partial charge in [-0.2, -0.15) is 0 Å². The van der Waals surface area contributed by atoms with E-state index >= 15 is 0 Å². The van der Waals surface area contributed by atoms with E-state index in [-0.39, 0.29) is 5.91 Å². The van der Waals surface area contributed by atoms with Gasteiger partial charge in [0.2, 0.25) is 5.91 Å². The first-order valence-electron chi connectivity index (χ1n) is 7.28. The number of carbonyl (C=O) groups excluding carboxylic acids is 2. The topological polar surface area (TPSA) is 67.4 Å². The maximum Gasteiger partial charge on any atom is 0.407 e. The van der Waals surface area contributed by atoms with E-state index in [9.17, 15) is 9.59 Å². The third-order valence-electron chi connectivity index (χ3n) is 2.46. The summed E-state index contributed by atoms with van der Waals surface area (Å²) in [7, 11) is 0. The van der Waals surface area contributed by atoms with Gasteiger partial charge in [-0.25, -0.2) is 4.79 Å². The molecule has 0 unspecified atom stereocenters. The van der Waals surface area contributed by atoms with Crippen LogP contribution in [-0.4, -0.2) is 36.4 Å². The largest absolute Gasteiger partial charge is 0.444 e. The number of hydrogen-bond acceptors (Lipinski definition) is 4. The Bertz CT molecular complexity index is 472. The fourth-order valence-electron chi connectivity index (χ4n) is 1.55. The van der Waals surface area contributed by atoms with Crippen LogP contribution >= 0.6 is 11.8 Å². The molecule has 0 heterocycles. The van der Waals surface area contributed by atoms with E-state index in [0.29, 0.717) is 19.5 Å². The third kappa shape index (κ3) is 9.28. The lowest BCUT2D eigenvalue weighted by molar-refractivity contribution is -0.120. The van der Waals surface area contributed by atoms with E-state index < -0.39 is 11.7 Å². The van der Waals surface area contributed by atoms with Crippen LogP contribution in [0.4, 0.5) is 4.79 Å². The maximum atomic E-state index is 11.6. The molecule has 0 fully saturated rings. The molecule has 0 atom stereocenters. The summed E-state index contributed by atoms with van der Waals surface area (Å²) < 4.78 is 5.09. The first kappa shape index (κ1) is 18.4. The first-order chi connectivity index (χ1) is 10.4. The summed E-state index contributed by atoms with van der Waals surface area (Å²) in [6, 6.07) is 9.96. The minimum Gasteiger partial charge on any atom is -0.444 e. The molecule has 0 saturated heterocycles. The van der Waals surface area contributed by atoms with Crippen molar-refractivity contribution in [3.05, 3.63) is 30.3 Å². The Kier molecular flexibility index (Phi) is 7.80. The molecule has 6 heteroatoms. The summed E-state index contributed by atoms with van der Waals surface area (Å²) in [4.78, 5) is 24.2. The standard InChI is InChI=1S/C16H24N2O3S/c1-16(2,3)21-15(20)18-11-10-17-14(19)9-12-22-13-7-5-4-6-8-13/h4-8H,9-12H2,1-3H3,(H,17,19)(H,18,20). The van der Waals surface area contributed by atoms with Gasteiger partial charge in [0.05, 0.1) is 0 Å². The monoisotopic (exact) mass is 324 g/mol. The van der Waals surface area contributed by atoms with E-state index in [1.807, 2.05) is 30.3 Å². The van der Waals surface area contributed by atoms with E-state index in [2.05, 4.69) is 10.6 Å². The summed E-state index contributed by atoms with van der Waals surface area (Å²) in [6.07, 6.45) is -0.0205. The molecule has 0 aromatic heterocycles. The number of alkyl carbamates (subject to hydrolysis) is 1. The zero-order chi connectivity index (χ0) is 16.4. The van der Waals surface area contributed by atoms with E-state index in [4.69, 9.17) is 4.74 Å². The molecule has 0 spiro atoms. The average Bonchev–Trinajstić information content (AvgIpc) is 2.43. The summed E-state index contributed by atoms with van der Waals surface area (Å²) in [5, 5.41) is 5.36. The van der Waals surface area contributed by atoms with Crippen LogP contribution in [0.5, 0.6) is 0 Å².